The first-order valence-electron chi connectivity index (χ1n) is 8.86. The summed E-state index contributed by atoms with van der Waals surface area (Å²) in [5.41, 5.74) is 7.26. The van der Waals surface area contributed by atoms with Gasteiger partial charge in [-0.2, -0.15) is 0 Å². The van der Waals surface area contributed by atoms with Crippen molar-refractivity contribution in [1.82, 2.24) is 15.3 Å². The van der Waals surface area contributed by atoms with Crippen molar-refractivity contribution in [2.75, 3.05) is 11.1 Å². The molecule has 0 saturated carbocycles. The van der Waals surface area contributed by atoms with Crippen LogP contribution in [0.3, 0.4) is 0 Å². The molecule has 3 rings (SSSR count). The van der Waals surface area contributed by atoms with E-state index in [0.29, 0.717) is 16.8 Å². The molecule has 0 fully saturated rings. The molecule has 2 aromatic carbocycles. The molecule has 0 atom stereocenters. The van der Waals surface area contributed by atoms with E-state index in [1.54, 1.807) is 30.3 Å². The van der Waals surface area contributed by atoms with Gasteiger partial charge in [0.25, 0.3) is 0 Å². The second-order valence-electron chi connectivity index (χ2n) is 6.12. The van der Waals surface area contributed by atoms with Gasteiger partial charge in [0.15, 0.2) is 0 Å². The molecule has 158 valence electrons. The van der Waals surface area contributed by atoms with Crippen molar-refractivity contribution in [2.45, 2.75) is 12.9 Å². The fourth-order valence-electron chi connectivity index (χ4n) is 2.45. The molecule has 0 unspecified atom stereocenters. The lowest BCUT2D eigenvalue weighted by atomic mass is 10.2. The van der Waals surface area contributed by atoms with Crippen LogP contribution in [-0.2, 0) is 6.54 Å². The van der Waals surface area contributed by atoms with Gasteiger partial charge in [0.2, 0.25) is 5.95 Å². The Morgan fingerprint density at radius 1 is 1.03 bits per heavy atom. The number of hydrogen-bond acceptors (Lipinski definition) is 5. The Morgan fingerprint density at radius 2 is 1.74 bits per heavy atom. The smallest absolute Gasteiger partial charge is 0.405 e. The van der Waals surface area contributed by atoms with E-state index in [4.69, 9.17) is 5.73 Å². The van der Waals surface area contributed by atoms with Crippen molar-refractivity contribution in [1.29, 1.82) is 0 Å². The first-order valence-corrected chi connectivity index (χ1v) is 8.86. The Morgan fingerprint density at radius 3 is 2.48 bits per heavy atom. The van der Waals surface area contributed by atoms with Gasteiger partial charge in [-0.05, 0) is 24.3 Å². The number of alkyl halides is 3. The number of anilines is 2. The molecule has 0 aliphatic carbocycles. The number of nitrogen functional groups attached to an aromatic ring is 1. The SMILES string of the molecule is Nc1ncc(C#Cc2cccc(NC(=O)NCc3ccccc3OC(F)(F)F)c2)cn1. The highest BCUT2D eigenvalue weighted by molar-refractivity contribution is 5.89. The summed E-state index contributed by atoms with van der Waals surface area (Å²) in [7, 11) is 0. The minimum atomic E-state index is -4.82. The molecule has 0 aliphatic rings. The molecule has 0 saturated heterocycles. The van der Waals surface area contributed by atoms with E-state index in [9.17, 15) is 18.0 Å². The molecule has 7 nitrogen and oxygen atoms in total. The number of hydrogen-bond donors (Lipinski definition) is 3. The van der Waals surface area contributed by atoms with E-state index in [-0.39, 0.29) is 23.8 Å². The molecule has 1 aromatic heterocycles. The van der Waals surface area contributed by atoms with Gasteiger partial charge in [0, 0.05) is 35.8 Å². The Balaban J connectivity index is 1.61. The summed E-state index contributed by atoms with van der Waals surface area (Å²) in [5.74, 6) is 5.56. The first-order chi connectivity index (χ1) is 14.8. The van der Waals surface area contributed by atoms with E-state index >= 15 is 0 Å². The summed E-state index contributed by atoms with van der Waals surface area (Å²) >= 11 is 0. The van der Waals surface area contributed by atoms with Gasteiger partial charge in [-0.1, -0.05) is 36.1 Å². The zero-order chi connectivity index (χ0) is 22.3. The quantitative estimate of drug-likeness (QED) is 0.552. The molecule has 0 spiro atoms. The number of nitrogens with zero attached hydrogens (tertiary/aromatic N) is 2. The first kappa shape index (κ1) is 21.4. The number of nitrogens with one attached hydrogen (secondary N) is 2. The lowest BCUT2D eigenvalue weighted by Gasteiger charge is -2.14. The highest BCUT2D eigenvalue weighted by Gasteiger charge is 2.31. The van der Waals surface area contributed by atoms with Gasteiger partial charge < -0.3 is 21.1 Å². The summed E-state index contributed by atoms with van der Waals surface area (Å²) in [5, 5.41) is 5.10. The number of carbonyl (C=O) groups is 1. The lowest BCUT2D eigenvalue weighted by molar-refractivity contribution is -0.274. The predicted molar refractivity (Wildman–Crippen MR) is 108 cm³/mol. The third kappa shape index (κ3) is 6.93. The Labute approximate surface area is 175 Å². The highest BCUT2D eigenvalue weighted by atomic mass is 19.4. The lowest BCUT2D eigenvalue weighted by Crippen LogP contribution is -2.28. The third-order valence-electron chi connectivity index (χ3n) is 3.78. The van der Waals surface area contributed by atoms with Crippen LogP contribution in [0.5, 0.6) is 5.75 Å². The molecular formula is C21H16F3N5O2. The van der Waals surface area contributed by atoms with Crippen molar-refractivity contribution >= 4 is 17.7 Å². The number of rotatable bonds is 4. The Bertz CT molecular complexity index is 1120. The van der Waals surface area contributed by atoms with Crippen LogP contribution in [0.1, 0.15) is 16.7 Å². The number of aromatic nitrogens is 2. The van der Waals surface area contributed by atoms with Crippen LogP contribution in [0.15, 0.2) is 60.9 Å². The molecule has 31 heavy (non-hydrogen) atoms. The molecule has 0 bridgehead atoms. The van der Waals surface area contributed by atoms with E-state index in [0.717, 1.165) is 0 Å². The molecule has 1 heterocycles. The van der Waals surface area contributed by atoms with Crippen LogP contribution in [0.4, 0.5) is 29.6 Å². The second kappa shape index (κ2) is 9.49. The maximum Gasteiger partial charge on any atom is 0.573 e. The van der Waals surface area contributed by atoms with E-state index < -0.39 is 12.4 Å². The van der Waals surface area contributed by atoms with Gasteiger partial charge in [-0.25, -0.2) is 14.8 Å². The second-order valence-corrected chi connectivity index (χ2v) is 6.12. The number of halogens is 3. The van der Waals surface area contributed by atoms with Crippen molar-refractivity contribution in [3.05, 3.63) is 77.6 Å². The summed E-state index contributed by atoms with van der Waals surface area (Å²) < 4.78 is 41.4. The number of urea groups is 1. The van der Waals surface area contributed by atoms with Gasteiger partial charge >= 0.3 is 12.4 Å². The average molecular weight is 427 g/mol. The monoisotopic (exact) mass is 427 g/mol. The van der Waals surface area contributed by atoms with Crippen molar-refractivity contribution in [3.63, 3.8) is 0 Å². The third-order valence-corrected chi connectivity index (χ3v) is 3.78. The zero-order valence-corrected chi connectivity index (χ0v) is 15.9. The fraction of sp³-hybridized carbons (Fsp3) is 0.0952. The van der Waals surface area contributed by atoms with Gasteiger partial charge in [-0.3, -0.25) is 0 Å². The van der Waals surface area contributed by atoms with Crippen molar-refractivity contribution in [2.24, 2.45) is 0 Å². The number of nitrogens with two attached hydrogens (primary N) is 1. The van der Waals surface area contributed by atoms with Crippen LogP contribution in [0, 0.1) is 11.8 Å². The van der Waals surface area contributed by atoms with Gasteiger partial charge in [-0.15, -0.1) is 13.2 Å². The minimum Gasteiger partial charge on any atom is -0.405 e. The van der Waals surface area contributed by atoms with E-state index in [2.05, 4.69) is 37.2 Å². The average Bonchev–Trinajstić information content (AvgIpc) is 2.72. The maximum absolute atomic E-state index is 12.5. The number of amides is 2. The number of ether oxygens (including phenoxy) is 1. The zero-order valence-electron chi connectivity index (χ0n) is 15.9. The summed E-state index contributed by atoms with van der Waals surface area (Å²) in [6.45, 7) is -0.158. The molecule has 10 heteroatoms. The van der Waals surface area contributed by atoms with Crippen LogP contribution in [0.2, 0.25) is 0 Å². The summed E-state index contributed by atoms with van der Waals surface area (Å²) in [6.07, 6.45) is -1.84. The van der Waals surface area contributed by atoms with Crippen LogP contribution < -0.4 is 21.1 Å². The van der Waals surface area contributed by atoms with Gasteiger partial charge in [0.05, 0.1) is 5.56 Å². The maximum atomic E-state index is 12.5. The van der Waals surface area contributed by atoms with Crippen LogP contribution in [0.25, 0.3) is 0 Å². The van der Waals surface area contributed by atoms with Crippen molar-refractivity contribution < 1.29 is 22.7 Å². The fourth-order valence-corrected chi connectivity index (χ4v) is 2.45. The predicted octanol–water partition coefficient (Wildman–Crippen LogP) is 3.68. The van der Waals surface area contributed by atoms with Crippen LogP contribution >= 0.6 is 0 Å². The molecule has 0 aliphatic heterocycles. The topological polar surface area (TPSA) is 102 Å². The molecule has 2 amide bonds. The van der Waals surface area contributed by atoms with Crippen LogP contribution in [-0.4, -0.2) is 22.4 Å². The van der Waals surface area contributed by atoms with E-state index in [1.165, 1.54) is 30.6 Å². The normalized spacial score (nSPS) is 10.5. The number of para-hydroxylation sites is 1. The summed E-state index contributed by atoms with van der Waals surface area (Å²) in [6, 6.07) is 11.7. The Kier molecular flexibility index (Phi) is 6.57. The minimum absolute atomic E-state index is 0.148. The Hall–Kier alpha value is -4.26. The van der Waals surface area contributed by atoms with Gasteiger partial charge in [0.1, 0.15) is 5.75 Å². The van der Waals surface area contributed by atoms with Crippen molar-refractivity contribution in [3.8, 4) is 17.6 Å². The number of benzene rings is 2. The largest absolute Gasteiger partial charge is 0.573 e. The molecule has 3 aromatic rings. The molecule has 4 N–H and O–H groups in total. The van der Waals surface area contributed by atoms with E-state index in [1.807, 2.05) is 0 Å². The highest BCUT2D eigenvalue weighted by Crippen LogP contribution is 2.26. The summed E-state index contributed by atoms with van der Waals surface area (Å²) in [4.78, 5) is 19.8. The number of carbonyl (C=O) groups excluding carboxylic acids is 1. The molecular weight excluding hydrogens is 411 g/mol. The molecule has 0 radical (unpaired) electrons. The standard InChI is InChI=1S/C21H16F3N5O2/c22-21(23,24)31-18-7-2-1-5-16(18)13-28-20(30)29-17-6-3-4-14(10-17)8-9-15-11-26-19(25)27-12-15/h1-7,10-12H,13H2,(H2,25,26,27)(H2,28,29,30).